The van der Waals surface area contributed by atoms with Crippen LogP contribution < -0.4 is 16.0 Å². The molecule has 6 heteroatoms. The van der Waals surface area contributed by atoms with Gasteiger partial charge in [0.2, 0.25) is 0 Å². The number of ether oxygens (including phenoxy) is 1. The minimum atomic E-state index is -0.358. The van der Waals surface area contributed by atoms with Gasteiger partial charge in [-0.2, -0.15) is 0 Å². The van der Waals surface area contributed by atoms with E-state index in [0.717, 1.165) is 14.5 Å². The average Bonchev–Trinajstić information content (AvgIpc) is 2.25. The summed E-state index contributed by atoms with van der Waals surface area (Å²) in [6.45, 7) is 0. The summed E-state index contributed by atoms with van der Waals surface area (Å²) in [5.74, 6) is 5.30. The smallest absolute Gasteiger partial charge is 0.257 e. The van der Waals surface area contributed by atoms with E-state index >= 15 is 0 Å². The molecule has 0 aliphatic rings. The predicted molar refractivity (Wildman–Crippen MR) is 69.8 cm³/mol. The van der Waals surface area contributed by atoms with Crippen LogP contribution in [0.1, 0.15) is 5.56 Å². The molecule has 0 bridgehead atoms. The monoisotopic (exact) mass is 348 g/mol. The predicted octanol–water partition coefficient (Wildman–Crippen LogP) is 2.22. The Morgan fingerprint density at radius 2 is 2.00 bits per heavy atom. The summed E-state index contributed by atoms with van der Waals surface area (Å²) in [4.78, 5) is 10.9. The lowest BCUT2D eigenvalue weighted by Gasteiger charge is -2.06. The van der Waals surface area contributed by atoms with Gasteiger partial charge in [-0.3, -0.25) is 10.2 Å². The molecule has 0 aromatic heterocycles. The first-order valence-corrected chi connectivity index (χ1v) is 5.88. The molecule has 3 N–H and O–H groups in total. The van der Waals surface area contributed by atoms with E-state index in [2.05, 4.69) is 31.9 Å². The lowest BCUT2D eigenvalue weighted by atomic mass is 10.2. The van der Waals surface area contributed by atoms with Crippen LogP contribution in [0, 0.1) is 0 Å². The molecule has 0 atom stereocenters. The van der Waals surface area contributed by atoms with Crippen molar-refractivity contribution in [1.29, 1.82) is 0 Å². The van der Waals surface area contributed by atoms with Crippen molar-refractivity contribution in [3.05, 3.63) is 32.7 Å². The van der Waals surface area contributed by atoms with Gasteiger partial charge >= 0.3 is 0 Å². The van der Waals surface area contributed by atoms with Crippen molar-refractivity contribution in [2.45, 2.75) is 0 Å². The number of methoxy groups -OCH3 is 1. The summed E-state index contributed by atoms with van der Waals surface area (Å²) < 4.78 is 6.77. The fraction of sp³-hybridized carbons (Fsp3) is 0.100. The maximum Gasteiger partial charge on any atom is 0.257 e. The Hall–Kier alpha value is -0.850. The number of hydrogen-bond acceptors (Lipinski definition) is 3. The van der Waals surface area contributed by atoms with E-state index < -0.39 is 0 Å². The Balaban J connectivity index is 3.00. The molecule has 0 fully saturated rings. The summed E-state index contributed by atoms with van der Waals surface area (Å²) in [6.07, 6.45) is 3.00. The second-order valence-corrected chi connectivity index (χ2v) is 4.57. The second-order valence-electron chi connectivity index (χ2n) is 2.86. The molecule has 0 saturated carbocycles. The Bertz CT molecular complexity index is 410. The molecule has 0 aliphatic carbocycles. The van der Waals surface area contributed by atoms with Crippen LogP contribution in [0.15, 0.2) is 27.2 Å². The number of hydrazine groups is 1. The third-order valence-corrected chi connectivity index (χ3v) is 2.97. The summed E-state index contributed by atoms with van der Waals surface area (Å²) in [5, 5.41) is 0. The summed E-state index contributed by atoms with van der Waals surface area (Å²) >= 11 is 6.74. The number of carbonyl (C=O) groups excluding carboxylic acids is 1. The lowest BCUT2D eigenvalue weighted by molar-refractivity contribution is -0.116. The molecule has 1 amide bonds. The first-order valence-electron chi connectivity index (χ1n) is 4.30. The highest BCUT2D eigenvalue weighted by molar-refractivity contribution is 9.11. The van der Waals surface area contributed by atoms with Gasteiger partial charge in [0, 0.05) is 6.08 Å². The van der Waals surface area contributed by atoms with Crippen molar-refractivity contribution in [3.63, 3.8) is 0 Å². The summed E-state index contributed by atoms with van der Waals surface area (Å²) in [7, 11) is 1.59. The van der Waals surface area contributed by atoms with Gasteiger partial charge in [0.15, 0.2) is 0 Å². The number of nitrogens with one attached hydrogen (secondary N) is 1. The molecule has 0 unspecified atom stereocenters. The maximum atomic E-state index is 10.9. The van der Waals surface area contributed by atoms with Crippen LogP contribution in [-0.2, 0) is 4.79 Å². The van der Waals surface area contributed by atoms with Crippen LogP contribution in [0.5, 0.6) is 5.75 Å². The van der Waals surface area contributed by atoms with Gasteiger partial charge in [0.05, 0.1) is 16.1 Å². The van der Waals surface area contributed by atoms with E-state index in [9.17, 15) is 4.79 Å². The fourth-order valence-electron chi connectivity index (χ4n) is 1.09. The average molecular weight is 350 g/mol. The van der Waals surface area contributed by atoms with E-state index in [1.165, 1.54) is 6.08 Å². The van der Waals surface area contributed by atoms with Gasteiger partial charge in [-0.05, 0) is 55.6 Å². The minimum Gasteiger partial charge on any atom is -0.494 e. The number of halogens is 2. The van der Waals surface area contributed by atoms with Crippen molar-refractivity contribution in [3.8, 4) is 5.75 Å². The van der Waals surface area contributed by atoms with Gasteiger partial charge in [0.1, 0.15) is 5.75 Å². The molecule has 0 heterocycles. The minimum absolute atomic E-state index is 0.358. The Morgan fingerprint density at radius 3 is 2.44 bits per heavy atom. The van der Waals surface area contributed by atoms with Crippen LogP contribution in [0.2, 0.25) is 0 Å². The number of rotatable bonds is 3. The zero-order valence-electron chi connectivity index (χ0n) is 8.46. The quantitative estimate of drug-likeness (QED) is 0.380. The zero-order valence-corrected chi connectivity index (χ0v) is 11.6. The number of carbonyl (C=O) groups is 1. The molecule has 0 radical (unpaired) electrons. The molecule has 1 aromatic carbocycles. The molecule has 1 rings (SSSR count). The molecular formula is C10H10Br2N2O2. The SMILES string of the molecule is COc1c(Br)cc(/C=C/C(=O)NN)cc1Br. The number of nitrogens with two attached hydrogens (primary N) is 1. The van der Waals surface area contributed by atoms with E-state index in [-0.39, 0.29) is 5.91 Å². The van der Waals surface area contributed by atoms with Crippen molar-refractivity contribution < 1.29 is 9.53 Å². The van der Waals surface area contributed by atoms with Gasteiger partial charge < -0.3 is 4.74 Å². The van der Waals surface area contributed by atoms with Gasteiger partial charge in [-0.25, -0.2) is 5.84 Å². The Morgan fingerprint density at radius 1 is 1.44 bits per heavy atom. The highest BCUT2D eigenvalue weighted by atomic mass is 79.9. The topological polar surface area (TPSA) is 64.3 Å². The van der Waals surface area contributed by atoms with Gasteiger partial charge in [0.25, 0.3) is 5.91 Å². The van der Waals surface area contributed by atoms with Crippen LogP contribution in [0.25, 0.3) is 6.08 Å². The molecule has 4 nitrogen and oxygen atoms in total. The third kappa shape index (κ3) is 3.33. The van der Waals surface area contributed by atoms with Crippen LogP contribution in [-0.4, -0.2) is 13.0 Å². The molecule has 16 heavy (non-hydrogen) atoms. The molecule has 86 valence electrons. The number of amides is 1. The first kappa shape index (κ1) is 13.2. The maximum absolute atomic E-state index is 10.9. The van der Waals surface area contributed by atoms with E-state index in [1.807, 2.05) is 17.6 Å². The molecule has 1 aromatic rings. The van der Waals surface area contributed by atoms with E-state index in [1.54, 1.807) is 13.2 Å². The first-order chi connectivity index (χ1) is 7.58. The van der Waals surface area contributed by atoms with Gasteiger partial charge in [-0.15, -0.1) is 0 Å². The summed E-state index contributed by atoms with van der Waals surface area (Å²) in [5.41, 5.74) is 2.86. The normalized spacial score (nSPS) is 10.5. The molecule has 0 aliphatic heterocycles. The lowest BCUT2D eigenvalue weighted by Crippen LogP contribution is -2.27. The van der Waals surface area contributed by atoms with Crippen LogP contribution in [0.3, 0.4) is 0 Å². The van der Waals surface area contributed by atoms with Gasteiger partial charge in [-0.1, -0.05) is 0 Å². The second kappa shape index (κ2) is 6.03. The van der Waals surface area contributed by atoms with Crippen molar-refractivity contribution in [1.82, 2.24) is 5.43 Å². The number of hydrogen-bond donors (Lipinski definition) is 2. The highest BCUT2D eigenvalue weighted by Crippen LogP contribution is 2.34. The standard InChI is InChI=1S/C10H10Br2N2O2/c1-16-10-7(11)4-6(5-8(10)12)2-3-9(15)14-13/h2-5H,13H2,1H3,(H,14,15)/b3-2+. The molecular weight excluding hydrogens is 340 g/mol. The summed E-state index contributed by atoms with van der Waals surface area (Å²) in [6, 6.07) is 3.67. The molecule has 0 spiro atoms. The zero-order chi connectivity index (χ0) is 12.1. The van der Waals surface area contributed by atoms with Crippen LogP contribution in [0.4, 0.5) is 0 Å². The third-order valence-electron chi connectivity index (χ3n) is 1.79. The highest BCUT2D eigenvalue weighted by Gasteiger charge is 2.06. The number of benzene rings is 1. The van der Waals surface area contributed by atoms with Crippen LogP contribution >= 0.6 is 31.9 Å². The Kier molecular flexibility index (Phi) is 4.98. The van der Waals surface area contributed by atoms with Crippen molar-refractivity contribution in [2.24, 2.45) is 5.84 Å². The largest absolute Gasteiger partial charge is 0.494 e. The van der Waals surface area contributed by atoms with Crippen molar-refractivity contribution >= 4 is 43.8 Å². The van der Waals surface area contributed by atoms with Crippen molar-refractivity contribution in [2.75, 3.05) is 7.11 Å². The van der Waals surface area contributed by atoms with E-state index in [4.69, 9.17) is 10.6 Å². The molecule has 0 saturated heterocycles. The fourth-order valence-corrected chi connectivity index (χ4v) is 2.64. The van der Waals surface area contributed by atoms with E-state index in [0.29, 0.717) is 5.75 Å². The Labute approximate surface area is 110 Å².